The fourth-order valence-electron chi connectivity index (χ4n) is 5.32. The molecule has 1 saturated heterocycles. The predicted molar refractivity (Wildman–Crippen MR) is 152 cm³/mol. The van der Waals surface area contributed by atoms with Gasteiger partial charge < -0.3 is 30.0 Å². The summed E-state index contributed by atoms with van der Waals surface area (Å²) in [5.41, 5.74) is 9.01. The van der Waals surface area contributed by atoms with Gasteiger partial charge in [0.2, 0.25) is 5.95 Å². The molecular weight excluding hydrogens is 525 g/mol. The summed E-state index contributed by atoms with van der Waals surface area (Å²) < 4.78 is 26.0. The van der Waals surface area contributed by atoms with Crippen molar-refractivity contribution in [2.24, 2.45) is 0 Å². The lowest BCUT2D eigenvalue weighted by atomic mass is 10.0. The largest absolute Gasteiger partial charge is 0.493 e. The normalized spacial score (nSPS) is 15.2. The van der Waals surface area contributed by atoms with Crippen LogP contribution in [0.2, 0.25) is 0 Å². The van der Waals surface area contributed by atoms with Crippen molar-refractivity contribution in [2.75, 3.05) is 44.5 Å². The summed E-state index contributed by atoms with van der Waals surface area (Å²) in [5, 5.41) is 10.3. The number of H-pyrrole nitrogens is 1. The van der Waals surface area contributed by atoms with Gasteiger partial charge in [-0.2, -0.15) is 10.2 Å². The number of nitrogen functional groups attached to an aromatic ring is 1. The number of hydrogen-bond donors (Lipinski definition) is 2. The van der Waals surface area contributed by atoms with Crippen molar-refractivity contribution < 1.29 is 18.7 Å². The van der Waals surface area contributed by atoms with E-state index in [4.69, 9.17) is 15.2 Å². The Morgan fingerprint density at radius 3 is 2.63 bits per heavy atom. The lowest BCUT2D eigenvalue weighted by molar-refractivity contribution is 0.0716. The van der Waals surface area contributed by atoms with Crippen molar-refractivity contribution in [2.45, 2.75) is 6.04 Å². The molecule has 206 valence electrons. The number of hydrogen-bond acceptors (Lipinski definition) is 8. The Bertz CT molecular complexity index is 1830. The Morgan fingerprint density at radius 2 is 1.90 bits per heavy atom. The summed E-state index contributed by atoms with van der Waals surface area (Å²) in [6.07, 6.45) is 0. The van der Waals surface area contributed by atoms with Gasteiger partial charge in [-0.05, 0) is 35.9 Å². The van der Waals surface area contributed by atoms with Gasteiger partial charge in [0, 0.05) is 35.9 Å². The number of nitriles is 1. The topological polar surface area (TPSA) is 133 Å². The quantitative estimate of drug-likeness (QED) is 0.328. The number of rotatable bonds is 5. The number of carbonyl (C=O) groups excluding carboxylic acids is 1. The number of nitrogens with two attached hydrogens (primary N) is 1. The van der Waals surface area contributed by atoms with Gasteiger partial charge in [-0.15, -0.1) is 0 Å². The monoisotopic (exact) mass is 551 g/mol. The maximum Gasteiger partial charge on any atom is 0.270 e. The van der Waals surface area contributed by atoms with Crippen LogP contribution in [0.15, 0.2) is 60.7 Å². The smallest absolute Gasteiger partial charge is 0.270 e. The van der Waals surface area contributed by atoms with Crippen LogP contribution in [-0.2, 0) is 0 Å². The van der Waals surface area contributed by atoms with Crippen LogP contribution in [0.5, 0.6) is 11.5 Å². The zero-order valence-electron chi connectivity index (χ0n) is 22.4. The van der Waals surface area contributed by atoms with Crippen LogP contribution in [0.3, 0.4) is 0 Å². The number of carbonyl (C=O) groups is 1. The molecule has 0 unspecified atom stereocenters. The van der Waals surface area contributed by atoms with Crippen molar-refractivity contribution in [3.8, 4) is 17.6 Å². The molecule has 1 aliphatic rings. The van der Waals surface area contributed by atoms with Gasteiger partial charge in [0.25, 0.3) is 5.91 Å². The molecule has 2 aromatic heterocycles. The molecule has 1 aliphatic heterocycles. The van der Waals surface area contributed by atoms with Crippen molar-refractivity contribution in [1.29, 1.82) is 5.26 Å². The second-order valence-electron chi connectivity index (χ2n) is 9.70. The first kappa shape index (κ1) is 25.9. The molecular formula is C30H26FN7O3. The molecule has 0 spiro atoms. The first-order valence-corrected chi connectivity index (χ1v) is 12.9. The summed E-state index contributed by atoms with van der Waals surface area (Å²) in [4.78, 5) is 29.6. The minimum Gasteiger partial charge on any atom is -0.493 e. The molecule has 6 rings (SSSR count). The minimum atomic E-state index is -0.694. The number of methoxy groups -OCH3 is 2. The number of ether oxygens (including phenoxy) is 2. The van der Waals surface area contributed by atoms with E-state index in [1.54, 1.807) is 35.2 Å². The summed E-state index contributed by atoms with van der Waals surface area (Å²) in [7, 11) is 2.77. The van der Waals surface area contributed by atoms with Crippen LogP contribution in [0.25, 0.3) is 21.8 Å². The molecule has 1 fully saturated rings. The number of fused-ring (bicyclic) bond motifs is 2. The highest BCUT2D eigenvalue weighted by atomic mass is 19.1. The van der Waals surface area contributed by atoms with E-state index in [-0.39, 0.29) is 40.7 Å². The molecule has 1 atom stereocenters. The van der Waals surface area contributed by atoms with E-state index in [1.165, 1.54) is 14.2 Å². The zero-order valence-corrected chi connectivity index (χ0v) is 22.4. The molecule has 10 nitrogen and oxygen atoms in total. The fourth-order valence-corrected chi connectivity index (χ4v) is 5.32. The standard InChI is InChI=1S/C30H26FN7O3/c1-40-24-14-20-26(25(31)27(24)41-2)35-30(36-28(20)33)38-11-10-37(16-23(38)18-6-4-3-5-7-18)29(39)22-13-19-12-17(15-32)8-9-21(19)34-22/h3-9,12-14,23,34H,10-11,16H2,1-2H3,(H2,33,35,36)/t23-/m1/s1. The van der Waals surface area contributed by atoms with Crippen molar-refractivity contribution in [3.05, 3.63) is 83.3 Å². The van der Waals surface area contributed by atoms with Gasteiger partial charge in [0.15, 0.2) is 17.3 Å². The minimum absolute atomic E-state index is 0.0188. The molecule has 0 saturated carbocycles. The number of benzene rings is 3. The number of aromatic nitrogens is 3. The Morgan fingerprint density at radius 1 is 1.10 bits per heavy atom. The Labute approximate surface area is 234 Å². The van der Waals surface area contributed by atoms with E-state index in [9.17, 15) is 10.1 Å². The Balaban J connectivity index is 1.37. The zero-order chi connectivity index (χ0) is 28.7. The molecule has 1 amide bonds. The third-order valence-corrected chi connectivity index (χ3v) is 7.38. The van der Waals surface area contributed by atoms with E-state index < -0.39 is 5.82 Å². The summed E-state index contributed by atoms with van der Waals surface area (Å²) in [6, 6.07) is 20.1. The first-order chi connectivity index (χ1) is 19.9. The SMILES string of the molecule is COc1cc2c(N)nc(N3CCN(C(=O)c4cc5cc(C#N)ccc5[nH]4)C[C@@H]3c3ccccc3)nc2c(F)c1OC. The third-order valence-electron chi connectivity index (χ3n) is 7.38. The van der Waals surface area contributed by atoms with E-state index >= 15 is 4.39 Å². The number of halogens is 1. The van der Waals surface area contributed by atoms with E-state index in [2.05, 4.69) is 21.0 Å². The number of nitrogens with zero attached hydrogens (tertiary/aromatic N) is 5. The number of nitrogens with one attached hydrogen (secondary N) is 1. The second-order valence-corrected chi connectivity index (χ2v) is 9.70. The molecule has 0 bridgehead atoms. The van der Waals surface area contributed by atoms with Crippen LogP contribution in [-0.4, -0.2) is 59.6 Å². The second kappa shape index (κ2) is 10.3. The Kier molecular flexibility index (Phi) is 6.51. The van der Waals surface area contributed by atoms with Crippen molar-refractivity contribution >= 4 is 39.5 Å². The van der Waals surface area contributed by atoms with Crippen LogP contribution in [0, 0.1) is 17.1 Å². The molecule has 3 N–H and O–H groups in total. The third kappa shape index (κ3) is 4.49. The highest BCUT2D eigenvalue weighted by Crippen LogP contribution is 2.39. The van der Waals surface area contributed by atoms with Crippen LogP contribution < -0.4 is 20.1 Å². The van der Waals surface area contributed by atoms with Gasteiger partial charge in [0.05, 0.1) is 31.9 Å². The molecule has 41 heavy (non-hydrogen) atoms. The molecule has 0 aliphatic carbocycles. The number of amides is 1. The summed E-state index contributed by atoms with van der Waals surface area (Å²) >= 11 is 0. The summed E-state index contributed by atoms with van der Waals surface area (Å²) in [6.45, 7) is 1.08. The molecule has 3 heterocycles. The van der Waals surface area contributed by atoms with Crippen LogP contribution in [0.4, 0.5) is 16.2 Å². The summed E-state index contributed by atoms with van der Waals surface area (Å²) in [5.74, 6) is -0.389. The Hall–Kier alpha value is -5.37. The van der Waals surface area contributed by atoms with Gasteiger partial charge in [-0.1, -0.05) is 30.3 Å². The van der Waals surface area contributed by atoms with Crippen LogP contribution >= 0.6 is 0 Å². The number of anilines is 2. The van der Waals surface area contributed by atoms with Crippen molar-refractivity contribution in [3.63, 3.8) is 0 Å². The number of piperazine rings is 1. The van der Waals surface area contributed by atoms with Gasteiger partial charge >= 0.3 is 0 Å². The average molecular weight is 552 g/mol. The van der Waals surface area contributed by atoms with Crippen molar-refractivity contribution in [1.82, 2.24) is 19.9 Å². The average Bonchev–Trinajstić information content (AvgIpc) is 3.44. The highest BCUT2D eigenvalue weighted by Gasteiger charge is 2.34. The predicted octanol–water partition coefficient (Wildman–Crippen LogP) is 4.42. The van der Waals surface area contributed by atoms with Gasteiger partial charge in [-0.3, -0.25) is 4.79 Å². The lowest BCUT2D eigenvalue weighted by Gasteiger charge is -2.41. The van der Waals surface area contributed by atoms with Gasteiger partial charge in [-0.25, -0.2) is 9.37 Å². The molecule has 5 aromatic rings. The van der Waals surface area contributed by atoms with E-state index in [1.807, 2.05) is 35.2 Å². The maximum absolute atomic E-state index is 15.5. The fraction of sp³-hybridized carbons (Fsp3) is 0.200. The maximum atomic E-state index is 15.5. The van der Waals surface area contributed by atoms with Crippen LogP contribution in [0.1, 0.15) is 27.7 Å². The molecule has 0 radical (unpaired) electrons. The lowest BCUT2D eigenvalue weighted by Crippen LogP contribution is -2.51. The number of aromatic amines is 1. The molecule has 3 aromatic carbocycles. The van der Waals surface area contributed by atoms with E-state index in [0.29, 0.717) is 36.3 Å². The molecule has 11 heteroatoms. The first-order valence-electron chi connectivity index (χ1n) is 12.9. The van der Waals surface area contributed by atoms with E-state index in [0.717, 1.165) is 16.5 Å². The highest BCUT2D eigenvalue weighted by molar-refractivity contribution is 5.98. The van der Waals surface area contributed by atoms with Gasteiger partial charge in [0.1, 0.15) is 17.0 Å².